The molecule has 1 N–H and O–H groups in total. The van der Waals surface area contributed by atoms with Crippen molar-refractivity contribution in [1.82, 2.24) is 0 Å². The molecule has 16 heavy (non-hydrogen) atoms. The average molecular weight is 308 g/mol. The highest BCUT2D eigenvalue weighted by Gasteiger charge is 2.16. The van der Waals surface area contributed by atoms with E-state index >= 15 is 0 Å². The van der Waals surface area contributed by atoms with Gasteiger partial charge in [0.15, 0.2) is 0 Å². The molecule has 0 fully saturated rings. The molecule has 0 aliphatic heterocycles. The van der Waals surface area contributed by atoms with Crippen LogP contribution in [0.5, 0.6) is 5.75 Å². The third kappa shape index (κ3) is 3.12. The zero-order chi connectivity index (χ0) is 12.3. The first kappa shape index (κ1) is 13.3. The molecule has 0 spiro atoms. The molecule has 0 aliphatic carbocycles. The van der Waals surface area contributed by atoms with E-state index in [-0.39, 0.29) is 0 Å². The van der Waals surface area contributed by atoms with E-state index in [1.165, 1.54) is 7.11 Å². The lowest BCUT2D eigenvalue weighted by atomic mass is 10.0. The normalized spacial score (nSPS) is 12.2. The molecule has 0 radical (unpaired) electrons. The van der Waals surface area contributed by atoms with Gasteiger partial charge in [-0.25, -0.2) is 0 Å². The van der Waals surface area contributed by atoms with Gasteiger partial charge in [-0.1, -0.05) is 34.5 Å². The number of benzene rings is 1. The Balaban J connectivity index is 3.07. The summed E-state index contributed by atoms with van der Waals surface area (Å²) < 4.78 is 5.98. The third-order valence-corrected chi connectivity index (χ3v) is 2.98. The molecule has 0 saturated heterocycles. The number of carboxylic acid groups (broad SMARTS) is 1. The van der Waals surface area contributed by atoms with Crippen LogP contribution < -0.4 is 4.74 Å². The zero-order valence-electron chi connectivity index (χ0n) is 8.96. The van der Waals surface area contributed by atoms with Crippen molar-refractivity contribution < 1.29 is 14.6 Å². The minimum absolute atomic E-state index is 0.387. The number of aliphatic carboxylic acids is 1. The van der Waals surface area contributed by atoms with Crippen molar-refractivity contribution in [1.29, 1.82) is 0 Å². The molecule has 0 saturated carbocycles. The van der Waals surface area contributed by atoms with Crippen molar-refractivity contribution in [3.05, 3.63) is 27.2 Å². The van der Waals surface area contributed by atoms with Crippen LogP contribution in [-0.2, 0) is 11.2 Å². The highest BCUT2D eigenvalue weighted by molar-refractivity contribution is 9.10. The molecule has 1 unspecified atom stereocenters. The molecule has 0 aromatic heterocycles. The lowest BCUT2D eigenvalue weighted by Gasteiger charge is -2.13. The summed E-state index contributed by atoms with van der Waals surface area (Å²) in [5, 5.41) is 9.34. The molecular weight excluding hydrogens is 295 g/mol. The lowest BCUT2D eigenvalue weighted by Crippen LogP contribution is -2.13. The fourth-order valence-corrected chi connectivity index (χ4v) is 2.36. The average Bonchev–Trinajstić information content (AvgIpc) is 2.16. The van der Waals surface area contributed by atoms with Crippen molar-refractivity contribution in [2.45, 2.75) is 13.3 Å². The molecule has 5 heteroatoms. The Hall–Kier alpha value is -0.740. The van der Waals surface area contributed by atoms with Crippen LogP contribution in [0.15, 0.2) is 16.6 Å². The Kier molecular flexibility index (Phi) is 4.62. The zero-order valence-corrected chi connectivity index (χ0v) is 11.3. The van der Waals surface area contributed by atoms with Crippen molar-refractivity contribution >= 4 is 33.5 Å². The molecule has 1 rings (SSSR count). The summed E-state index contributed by atoms with van der Waals surface area (Å²) in [7, 11) is 1.52. The third-order valence-electron chi connectivity index (χ3n) is 2.24. The second-order valence-electron chi connectivity index (χ2n) is 3.52. The van der Waals surface area contributed by atoms with E-state index < -0.39 is 11.9 Å². The van der Waals surface area contributed by atoms with Crippen LogP contribution in [-0.4, -0.2) is 18.2 Å². The van der Waals surface area contributed by atoms with Gasteiger partial charge in [0, 0.05) is 4.47 Å². The van der Waals surface area contributed by atoms with Crippen molar-refractivity contribution in [2.24, 2.45) is 5.92 Å². The van der Waals surface area contributed by atoms with Crippen LogP contribution in [0.4, 0.5) is 0 Å². The van der Waals surface area contributed by atoms with Gasteiger partial charge in [-0.3, -0.25) is 4.79 Å². The first-order chi connectivity index (χ1) is 7.45. The van der Waals surface area contributed by atoms with Crippen molar-refractivity contribution in [3.63, 3.8) is 0 Å². The molecule has 88 valence electrons. The van der Waals surface area contributed by atoms with Gasteiger partial charge in [0.1, 0.15) is 5.75 Å². The number of hydrogen-bond acceptors (Lipinski definition) is 2. The van der Waals surface area contributed by atoms with Gasteiger partial charge in [-0.15, -0.1) is 0 Å². The maximum absolute atomic E-state index is 10.8. The maximum Gasteiger partial charge on any atom is 0.306 e. The molecule has 1 aromatic carbocycles. The Morgan fingerprint density at radius 2 is 2.25 bits per heavy atom. The van der Waals surface area contributed by atoms with E-state index in [2.05, 4.69) is 15.9 Å². The van der Waals surface area contributed by atoms with Crippen molar-refractivity contribution in [2.75, 3.05) is 7.11 Å². The van der Waals surface area contributed by atoms with E-state index in [1.807, 2.05) is 6.07 Å². The highest BCUT2D eigenvalue weighted by atomic mass is 79.9. The van der Waals surface area contributed by atoms with E-state index in [0.29, 0.717) is 17.2 Å². The number of methoxy groups -OCH3 is 1. The minimum Gasteiger partial charge on any atom is -0.495 e. The largest absolute Gasteiger partial charge is 0.495 e. The number of rotatable bonds is 4. The molecular formula is C11H12BrClO3. The predicted molar refractivity (Wildman–Crippen MR) is 66.2 cm³/mol. The topological polar surface area (TPSA) is 46.5 Å². The van der Waals surface area contributed by atoms with Crippen LogP contribution in [0.3, 0.4) is 0 Å². The van der Waals surface area contributed by atoms with Crippen molar-refractivity contribution in [3.8, 4) is 5.75 Å². The van der Waals surface area contributed by atoms with Gasteiger partial charge in [0.05, 0.1) is 18.1 Å². The smallest absolute Gasteiger partial charge is 0.306 e. The van der Waals surface area contributed by atoms with Crippen LogP contribution in [0, 0.1) is 5.92 Å². The summed E-state index contributed by atoms with van der Waals surface area (Å²) in [4.78, 5) is 10.8. The van der Waals surface area contributed by atoms with Crippen LogP contribution in [0.25, 0.3) is 0 Å². The number of hydrogen-bond donors (Lipinski definition) is 1. The van der Waals surface area contributed by atoms with Gasteiger partial charge in [-0.2, -0.15) is 0 Å². The second-order valence-corrected chi connectivity index (χ2v) is 4.85. The minimum atomic E-state index is -0.835. The number of halogens is 2. The predicted octanol–water partition coefficient (Wildman–Crippen LogP) is 3.37. The Morgan fingerprint density at radius 1 is 1.62 bits per heavy atom. The summed E-state index contributed by atoms with van der Waals surface area (Å²) >= 11 is 9.31. The summed E-state index contributed by atoms with van der Waals surface area (Å²) in [5.74, 6) is -0.768. The SMILES string of the molecule is COc1c(Cl)cc(Br)cc1CC(C)C(=O)O. The van der Waals surface area contributed by atoms with E-state index in [9.17, 15) is 4.79 Å². The molecule has 0 bridgehead atoms. The molecule has 3 nitrogen and oxygen atoms in total. The first-order valence-electron chi connectivity index (χ1n) is 4.70. The maximum atomic E-state index is 10.8. The highest BCUT2D eigenvalue weighted by Crippen LogP contribution is 2.33. The molecule has 0 amide bonds. The Labute approximate surface area is 107 Å². The molecule has 0 heterocycles. The molecule has 0 aliphatic rings. The van der Waals surface area contributed by atoms with Gasteiger partial charge >= 0.3 is 5.97 Å². The summed E-state index contributed by atoms with van der Waals surface area (Å²) in [6, 6.07) is 3.54. The monoisotopic (exact) mass is 306 g/mol. The lowest BCUT2D eigenvalue weighted by molar-refractivity contribution is -0.141. The number of carbonyl (C=O) groups is 1. The van der Waals surface area contributed by atoms with Gasteiger partial charge in [-0.05, 0) is 24.1 Å². The van der Waals surface area contributed by atoms with Gasteiger partial charge in [0.25, 0.3) is 0 Å². The first-order valence-corrected chi connectivity index (χ1v) is 5.87. The second kappa shape index (κ2) is 5.55. The summed E-state index contributed by atoms with van der Waals surface area (Å²) in [6.07, 6.45) is 0.387. The van der Waals surface area contributed by atoms with Crippen LogP contribution >= 0.6 is 27.5 Å². The van der Waals surface area contributed by atoms with Gasteiger partial charge in [0.2, 0.25) is 0 Å². The van der Waals surface area contributed by atoms with Crippen LogP contribution in [0.1, 0.15) is 12.5 Å². The van der Waals surface area contributed by atoms with E-state index in [4.69, 9.17) is 21.4 Å². The fourth-order valence-electron chi connectivity index (χ4n) is 1.41. The Morgan fingerprint density at radius 3 is 2.75 bits per heavy atom. The van der Waals surface area contributed by atoms with Crippen LogP contribution in [0.2, 0.25) is 5.02 Å². The van der Waals surface area contributed by atoms with E-state index in [0.717, 1.165) is 10.0 Å². The summed E-state index contributed by atoms with van der Waals surface area (Å²) in [5.41, 5.74) is 0.789. The fraction of sp³-hybridized carbons (Fsp3) is 0.364. The number of carboxylic acids is 1. The number of ether oxygens (including phenoxy) is 1. The molecule has 1 aromatic rings. The Bertz CT molecular complexity index is 406. The quantitative estimate of drug-likeness (QED) is 0.927. The standard InChI is InChI=1S/C11H12BrClO3/c1-6(11(14)15)3-7-4-8(12)5-9(13)10(7)16-2/h4-6H,3H2,1-2H3,(H,14,15). The molecule has 1 atom stereocenters. The van der Waals surface area contributed by atoms with E-state index in [1.54, 1.807) is 13.0 Å². The summed E-state index contributed by atoms with van der Waals surface area (Å²) in [6.45, 7) is 1.65. The van der Waals surface area contributed by atoms with Gasteiger partial charge < -0.3 is 9.84 Å².